The van der Waals surface area contributed by atoms with E-state index in [4.69, 9.17) is 10.4 Å². The van der Waals surface area contributed by atoms with Crippen LogP contribution in [0, 0.1) is 5.41 Å². The predicted molar refractivity (Wildman–Crippen MR) is 142 cm³/mol. The van der Waals surface area contributed by atoms with Crippen molar-refractivity contribution in [1.82, 2.24) is 15.1 Å². The van der Waals surface area contributed by atoms with E-state index in [0.29, 0.717) is 25.5 Å². The number of hydrogen-bond acceptors (Lipinski definition) is 6. The number of thioether (sulfide) groups is 1. The summed E-state index contributed by atoms with van der Waals surface area (Å²) < 4.78 is 0. The summed E-state index contributed by atoms with van der Waals surface area (Å²) in [6.45, 7) is 10.2. The van der Waals surface area contributed by atoms with E-state index in [1.165, 1.54) is 10.5 Å². The fraction of sp³-hybridized carbons (Fsp3) is 0.385. The first-order chi connectivity index (χ1) is 15.9. The van der Waals surface area contributed by atoms with Crippen LogP contribution in [0.1, 0.15) is 33.3 Å². The fourth-order valence-electron chi connectivity index (χ4n) is 3.86. The highest BCUT2D eigenvalue weighted by atomic mass is 32.2. The molecule has 0 amide bonds. The maximum atomic E-state index is 8.95. The smallest absolute Gasteiger partial charge is 0.203 e. The van der Waals surface area contributed by atoms with Crippen LogP contribution in [0.15, 0.2) is 75.9 Å². The Labute approximate surface area is 202 Å². The molecule has 2 aromatic carbocycles. The zero-order valence-corrected chi connectivity index (χ0v) is 21.4. The summed E-state index contributed by atoms with van der Waals surface area (Å²) in [5.41, 5.74) is 2.94. The lowest BCUT2D eigenvalue weighted by atomic mass is 10.1. The van der Waals surface area contributed by atoms with Gasteiger partial charge in [0, 0.05) is 24.2 Å². The summed E-state index contributed by atoms with van der Waals surface area (Å²) in [5.74, 6) is 2.25. The van der Waals surface area contributed by atoms with Gasteiger partial charge in [0.1, 0.15) is 11.7 Å². The molecule has 2 aliphatic rings. The highest BCUT2D eigenvalue weighted by Crippen LogP contribution is 2.28. The van der Waals surface area contributed by atoms with Crippen LogP contribution >= 0.6 is 11.8 Å². The van der Waals surface area contributed by atoms with Crippen LogP contribution in [0.5, 0.6) is 0 Å². The Morgan fingerprint density at radius 2 is 1.76 bits per heavy atom. The van der Waals surface area contributed by atoms with E-state index < -0.39 is 0 Å². The molecular weight excluding hydrogens is 428 g/mol. The van der Waals surface area contributed by atoms with Crippen molar-refractivity contribution in [3.8, 4) is 0 Å². The van der Waals surface area contributed by atoms with Gasteiger partial charge in [0.15, 0.2) is 0 Å². The zero-order chi connectivity index (χ0) is 24.0. The number of rotatable bonds is 6. The molecule has 33 heavy (non-hydrogen) atoms. The number of hydrogen-bond donors (Lipinski definition) is 3. The summed E-state index contributed by atoms with van der Waals surface area (Å²) in [6.07, 6.45) is 2.09. The third-order valence-corrected chi connectivity index (χ3v) is 6.20. The average Bonchev–Trinajstić information content (AvgIpc) is 3.17. The van der Waals surface area contributed by atoms with Gasteiger partial charge < -0.3 is 15.5 Å². The molecule has 176 valence electrons. The summed E-state index contributed by atoms with van der Waals surface area (Å²) in [5, 5.41) is 16.0. The molecule has 3 N–H and O–H groups in total. The van der Waals surface area contributed by atoms with Crippen molar-refractivity contribution >= 4 is 29.2 Å². The number of nitrogens with zero attached hydrogens (tertiary/aromatic N) is 3. The number of aliphatic imine (C=N–C) groups is 1. The first kappa shape index (κ1) is 24.7. The Morgan fingerprint density at radius 3 is 2.39 bits per heavy atom. The van der Waals surface area contributed by atoms with Gasteiger partial charge in [-0.15, -0.1) is 11.8 Å². The lowest BCUT2D eigenvalue weighted by molar-refractivity contribution is 0.422. The molecule has 0 bridgehead atoms. The van der Waals surface area contributed by atoms with Crippen LogP contribution in [-0.4, -0.2) is 53.5 Å². The van der Waals surface area contributed by atoms with Crippen LogP contribution in [0.4, 0.5) is 5.69 Å². The van der Waals surface area contributed by atoms with Crippen molar-refractivity contribution in [3.05, 3.63) is 71.6 Å². The van der Waals surface area contributed by atoms with Crippen molar-refractivity contribution in [1.29, 1.82) is 5.41 Å². The van der Waals surface area contributed by atoms with E-state index in [9.17, 15) is 0 Å². The van der Waals surface area contributed by atoms with Crippen LogP contribution in [0.25, 0.3) is 0 Å². The summed E-state index contributed by atoms with van der Waals surface area (Å²) in [6, 6.07) is 18.7. The maximum Gasteiger partial charge on any atom is 0.203 e. The Morgan fingerprint density at radius 1 is 1.09 bits per heavy atom. The first-order valence-electron chi connectivity index (χ1n) is 11.5. The monoisotopic (exact) mass is 464 g/mol. The van der Waals surface area contributed by atoms with Crippen molar-refractivity contribution in [2.75, 3.05) is 31.7 Å². The minimum absolute atomic E-state index is 0.190. The van der Waals surface area contributed by atoms with Crippen LogP contribution in [-0.2, 0) is 6.54 Å². The van der Waals surface area contributed by atoms with Gasteiger partial charge in [-0.05, 0) is 49.9 Å². The molecule has 7 heteroatoms. The average molecular weight is 465 g/mol. The van der Waals surface area contributed by atoms with Gasteiger partial charge in [0.25, 0.3) is 0 Å². The number of likely N-dealkylation sites (N-methyl/N-ethyl adjacent to an activating group) is 1. The van der Waals surface area contributed by atoms with Gasteiger partial charge in [0.2, 0.25) is 5.96 Å². The number of fused-ring (bicyclic) bond motifs is 1. The van der Waals surface area contributed by atoms with E-state index in [1.807, 2.05) is 56.1 Å². The lowest BCUT2D eigenvalue weighted by Crippen LogP contribution is -2.52. The van der Waals surface area contributed by atoms with Crippen LogP contribution < -0.4 is 10.6 Å². The first-order valence-corrected chi connectivity index (χ1v) is 12.7. The highest BCUT2D eigenvalue weighted by molar-refractivity contribution is 7.98. The molecule has 0 aromatic heterocycles. The number of nitrogens with one attached hydrogen (secondary N) is 3. The van der Waals surface area contributed by atoms with Gasteiger partial charge in [-0.2, -0.15) is 0 Å². The third kappa shape index (κ3) is 5.90. The number of guanidine groups is 1. The summed E-state index contributed by atoms with van der Waals surface area (Å²) >= 11 is 1.74. The third-order valence-electron chi connectivity index (χ3n) is 5.45. The molecule has 0 saturated carbocycles. The van der Waals surface area contributed by atoms with Gasteiger partial charge in [-0.1, -0.05) is 44.2 Å². The molecule has 0 unspecified atom stereocenters. The van der Waals surface area contributed by atoms with E-state index in [1.54, 1.807) is 11.8 Å². The molecule has 1 fully saturated rings. The van der Waals surface area contributed by atoms with Crippen LogP contribution in [0.3, 0.4) is 0 Å². The Balaban J connectivity index is 0.00000149. The molecule has 0 aliphatic carbocycles. The molecular formula is C26H36N6S. The molecule has 2 heterocycles. The molecule has 0 radical (unpaired) electrons. The highest BCUT2D eigenvalue weighted by Gasteiger charge is 2.40. The van der Waals surface area contributed by atoms with E-state index >= 15 is 0 Å². The van der Waals surface area contributed by atoms with Crippen molar-refractivity contribution < 1.29 is 0 Å². The quantitative estimate of drug-likeness (QED) is 0.512. The molecule has 2 aromatic rings. The summed E-state index contributed by atoms with van der Waals surface area (Å²) in [4.78, 5) is 10.2. The van der Waals surface area contributed by atoms with E-state index in [0.717, 1.165) is 23.0 Å². The second-order valence-electron chi connectivity index (χ2n) is 8.56. The normalized spacial score (nSPS) is 18.1. The van der Waals surface area contributed by atoms with Gasteiger partial charge in [-0.25, -0.2) is 4.99 Å². The number of anilines is 1. The van der Waals surface area contributed by atoms with E-state index in [2.05, 4.69) is 59.9 Å². The predicted octanol–water partition coefficient (Wildman–Crippen LogP) is 5.22. The zero-order valence-electron chi connectivity index (χ0n) is 20.6. The van der Waals surface area contributed by atoms with Gasteiger partial charge in [-0.3, -0.25) is 10.3 Å². The minimum atomic E-state index is -0.190. The van der Waals surface area contributed by atoms with Crippen molar-refractivity contribution in [2.45, 2.75) is 44.7 Å². The molecule has 0 spiro atoms. The minimum Gasteiger partial charge on any atom is -0.367 e. The van der Waals surface area contributed by atoms with E-state index in [-0.39, 0.29) is 5.54 Å². The van der Waals surface area contributed by atoms with Gasteiger partial charge >= 0.3 is 0 Å². The molecule has 1 saturated heterocycles. The second kappa shape index (κ2) is 10.8. The number of benzene rings is 2. The maximum absolute atomic E-state index is 8.95. The van der Waals surface area contributed by atoms with Gasteiger partial charge in [0.05, 0.1) is 24.2 Å². The lowest BCUT2D eigenvalue weighted by Gasteiger charge is -2.36. The Hall–Kier alpha value is -2.93. The topological polar surface area (TPSA) is 66.8 Å². The van der Waals surface area contributed by atoms with Crippen molar-refractivity contribution in [3.63, 3.8) is 0 Å². The summed E-state index contributed by atoms with van der Waals surface area (Å²) in [7, 11) is 2.04. The molecule has 6 nitrogen and oxygen atoms in total. The molecule has 0 atom stereocenters. The fourth-order valence-corrected chi connectivity index (χ4v) is 4.27. The molecule has 4 rings (SSSR count). The Bertz CT molecular complexity index is 1010. The second-order valence-corrected chi connectivity index (χ2v) is 9.44. The number of amidine groups is 1. The standard InChI is InChI=1S/C24H30N6S.C2H6/c1-24(2)16-30-21(25)20(15-29(3)23(30)28-24)22(27-18-8-6-5-7-9-18)26-14-17-10-12-19(31-4)13-11-17;1-2/h5-13,25-27H,14-16H2,1-4H3;1-2H3/b22-20+,25-21?;. The molecule has 2 aliphatic heterocycles. The Kier molecular flexibility index (Phi) is 8.08. The van der Waals surface area contributed by atoms with Crippen LogP contribution in [0.2, 0.25) is 0 Å². The van der Waals surface area contributed by atoms with Crippen molar-refractivity contribution in [2.24, 2.45) is 4.99 Å². The SMILES string of the molecule is CC.CSc1ccc(CN/C(Nc2ccccc2)=C2/CN(C)C3=NC(C)(C)CN3C2=N)cc1. The number of para-hydroxylation sites is 1. The largest absolute Gasteiger partial charge is 0.367 e.